The zero-order valence-electron chi connectivity index (χ0n) is 20.3. The monoisotopic (exact) mass is 498 g/mol. The van der Waals surface area contributed by atoms with Crippen molar-refractivity contribution in [1.82, 2.24) is 0 Å². The molecule has 1 saturated carbocycles. The van der Waals surface area contributed by atoms with Crippen LogP contribution in [-0.4, -0.2) is 37.4 Å². The van der Waals surface area contributed by atoms with Gasteiger partial charge in [-0.2, -0.15) is 0 Å². The molecule has 0 radical (unpaired) electrons. The Bertz CT molecular complexity index is 1170. The summed E-state index contributed by atoms with van der Waals surface area (Å²) < 4.78 is 23.3. The number of ether oxygens (including phenoxy) is 4. The molecule has 0 saturated heterocycles. The van der Waals surface area contributed by atoms with Crippen LogP contribution in [0.25, 0.3) is 10.8 Å². The first-order valence-electron chi connectivity index (χ1n) is 11.9. The fraction of sp³-hybridized carbons (Fsp3) is 0.429. The molecule has 2 bridgehead atoms. The summed E-state index contributed by atoms with van der Waals surface area (Å²) in [5.74, 6) is 1.84. The molecule has 0 spiro atoms. The highest BCUT2D eigenvalue weighted by molar-refractivity contribution is 6.31. The molecule has 5 atom stereocenters. The molecule has 4 rings (SSSR count). The second kappa shape index (κ2) is 10.3. The lowest BCUT2D eigenvalue weighted by atomic mass is 9.82. The van der Waals surface area contributed by atoms with Gasteiger partial charge in [-0.1, -0.05) is 31.7 Å². The fourth-order valence-corrected chi connectivity index (χ4v) is 5.54. The Morgan fingerprint density at radius 2 is 1.54 bits per heavy atom. The maximum absolute atomic E-state index is 11.6. The Morgan fingerprint density at radius 3 is 2.11 bits per heavy atom. The largest absolute Gasteiger partial charge is 0.489 e. The number of carbonyl (C=O) groups excluding carboxylic acids is 2. The van der Waals surface area contributed by atoms with E-state index in [-0.39, 0.29) is 13.2 Å². The lowest BCUT2D eigenvalue weighted by Crippen LogP contribution is -2.23. The molecule has 35 heavy (non-hydrogen) atoms. The van der Waals surface area contributed by atoms with Gasteiger partial charge in [0, 0.05) is 39.1 Å². The lowest BCUT2D eigenvalue weighted by Gasteiger charge is -2.29. The van der Waals surface area contributed by atoms with Gasteiger partial charge in [0.1, 0.15) is 36.9 Å². The van der Waals surface area contributed by atoms with Crippen LogP contribution in [0.2, 0.25) is 5.02 Å². The quantitative estimate of drug-likeness (QED) is 0.291. The Kier molecular flexibility index (Phi) is 7.41. The zero-order valence-corrected chi connectivity index (χ0v) is 21.1. The summed E-state index contributed by atoms with van der Waals surface area (Å²) >= 11 is 6.40. The molecular weight excluding hydrogens is 468 g/mol. The number of benzene rings is 2. The average molecular weight is 499 g/mol. The molecule has 186 valence electrons. The van der Waals surface area contributed by atoms with E-state index in [4.69, 9.17) is 30.5 Å². The summed E-state index contributed by atoms with van der Waals surface area (Å²) in [7, 11) is 0. The number of hydrogen-bond acceptors (Lipinski definition) is 6. The predicted octanol–water partition coefficient (Wildman–Crippen LogP) is 6.10. The van der Waals surface area contributed by atoms with E-state index in [9.17, 15) is 9.59 Å². The maximum atomic E-state index is 11.6. The molecular formula is C28H31ClO6. The minimum absolute atomic E-state index is 0.204. The maximum Gasteiger partial charge on any atom is 0.330 e. The number of rotatable bonds is 10. The summed E-state index contributed by atoms with van der Waals surface area (Å²) in [5, 5.41) is 2.33. The molecule has 1 fully saturated rings. The summed E-state index contributed by atoms with van der Waals surface area (Å²) in [6.07, 6.45) is 3.52. The Balaban J connectivity index is 1.75. The molecule has 7 heteroatoms. The van der Waals surface area contributed by atoms with Gasteiger partial charge in [0.25, 0.3) is 0 Å². The van der Waals surface area contributed by atoms with Crippen LogP contribution in [0.15, 0.2) is 43.5 Å². The Labute approximate surface area is 210 Å². The van der Waals surface area contributed by atoms with Gasteiger partial charge in [-0.15, -0.1) is 0 Å². The van der Waals surface area contributed by atoms with Gasteiger partial charge in [-0.25, -0.2) is 9.59 Å². The number of halogens is 1. The van der Waals surface area contributed by atoms with Crippen LogP contribution in [0.4, 0.5) is 0 Å². The Morgan fingerprint density at radius 1 is 0.971 bits per heavy atom. The van der Waals surface area contributed by atoms with Crippen molar-refractivity contribution in [3.8, 4) is 11.5 Å². The van der Waals surface area contributed by atoms with Gasteiger partial charge in [-0.05, 0) is 62.6 Å². The molecule has 0 N–H and O–H groups in total. The number of hydrogen-bond donors (Lipinski definition) is 0. The second-order valence-corrected chi connectivity index (χ2v) is 9.89. The summed E-state index contributed by atoms with van der Waals surface area (Å²) in [6, 6.07) is 5.66. The first-order valence-corrected chi connectivity index (χ1v) is 12.3. The van der Waals surface area contributed by atoms with Crippen LogP contribution >= 0.6 is 11.6 Å². The van der Waals surface area contributed by atoms with Crippen molar-refractivity contribution in [3.63, 3.8) is 0 Å². The number of esters is 2. The van der Waals surface area contributed by atoms with Crippen LogP contribution in [-0.2, 0) is 19.1 Å². The first-order chi connectivity index (χ1) is 16.7. The normalized spacial score (nSPS) is 21.7. The second-order valence-electron chi connectivity index (χ2n) is 9.45. The third-order valence-corrected chi connectivity index (χ3v) is 7.04. The van der Waals surface area contributed by atoms with Crippen LogP contribution in [0, 0.1) is 5.92 Å². The zero-order chi connectivity index (χ0) is 25.3. The third kappa shape index (κ3) is 5.03. The highest BCUT2D eigenvalue weighted by Crippen LogP contribution is 2.63. The minimum Gasteiger partial charge on any atom is -0.489 e. The average Bonchev–Trinajstić information content (AvgIpc) is 3.38. The molecule has 0 aromatic heterocycles. The summed E-state index contributed by atoms with van der Waals surface area (Å²) in [4.78, 5) is 23.2. The van der Waals surface area contributed by atoms with Crippen LogP contribution < -0.4 is 9.47 Å². The molecule has 2 aliphatic carbocycles. The smallest absolute Gasteiger partial charge is 0.330 e. The van der Waals surface area contributed by atoms with E-state index in [2.05, 4.69) is 20.1 Å². The SMILES string of the molecule is C=CC(=O)OC(C)COc1c2c(c(OCC(C)OC(=O)C=C)c3ccc(Cl)cc13)C1CC2CC1C. The van der Waals surface area contributed by atoms with Gasteiger partial charge < -0.3 is 18.9 Å². The summed E-state index contributed by atoms with van der Waals surface area (Å²) in [5.41, 5.74) is 2.31. The van der Waals surface area contributed by atoms with E-state index >= 15 is 0 Å². The van der Waals surface area contributed by atoms with Crippen LogP contribution in [0.3, 0.4) is 0 Å². The van der Waals surface area contributed by atoms with Crippen LogP contribution in [0.1, 0.15) is 56.6 Å². The van der Waals surface area contributed by atoms with Crippen molar-refractivity contribution in [1.29, 1.82) is 0 Å². The van der Waals surface area contributed by atoms with Crippen molar-refractivity contribution < 1.29 is 28.5 Å². The highest BCUT2D eigenvalue weighted by atomic mass is 35.5. The fourth-order valence-electron chi connectivity index (χ4n) is 5.37. The van der Waals surface area contributed by atoms with Gasteiger partial charge in [-0.3, -0.25) is 0 Å². The van der Waals surface area contributed by atoms with E-state index in [0.29, 0.717) is 22.8 Å². The topological polar surface area (TPSA) is 71.1 Å². The lowest BCUT2D eigenvalue weighted by molar-refractivity contribution is -0.144. The highest BCUT2D eigenvalue weighted by Gasteiger charge is 2.46. The van der Waals surface area contributed by atoms with Crippen molar-refractivity contribution in [2.45, 2.75) is 57.7 Å². The van der Waals surface area contributed by atoms with E-state index in [1.165, 1.54) is 0 Å². The van der Waals surface area contributed by atoms with Gasteiger partial charge in [0.2, 0.25) is 0 Å². The molecule has 0 heterocycles. The van der Waals surface area contributed by atoms with Gasteiger partial charge in [0.15, 0.2) is 0 Å². The molecule has 2 aromatic rings. The van der Waals surface area contributed by atoms with Crippen molar-refractivity contribution in [2.75, 3.05) is 13.2 Å². The van der Waals surface area contributed by atoms with E-state index in [1.807, 2.05) is 18.2 Å². The van der Waals surface area contributed by atoms with Crippen molar-refractivity contribution in [2.24, 2.45) is 5.92 Å². The predicted molar refractivity (Wildman–Crippen MR) is 135 cm³/mol. The molecule has 6 nitrogen and oxygen atoms in total. The third-order valence-electron chi connectivity index (χ3n) is 6.80. The molecule has 0 amide bonds. The number of fused-ring (bicyclic) bond motifs is 6. The van der Waals surface area contributed by atoms with E-state index in [1.54, 1.807) is 13.8 Å². The molecule has 2 aliphatic rings. The molecule has 0 aliphatic heterocycles. The van der Waals surface area contributed by atoms with E-state index in [0.717, 1.165) is 58.4 Å². The van der Waals surface area contributed by atoms with Gasteiger partial charge in [0.05, 0.1) is 0 Å². The first kappa shape index (κ1) is 25.1. The van der Waals surface area contributed by atoms with Crippen molar-refractivity contribution >= 4 is 34.3 Å². The van der Waals surface area contributed by atoms with Crippen molar-refractivity contribution in [3.05, 3.63) is 59.7 Å². The van der Waals surface area contributed by atoms with Gasteiger partial charge >= 0.3 is 11.9 Å². The minimum atomic E-state index is -0.484. The van der Waals surface area contributed by atoms with Crippen LogP contribution in [0.5, 0.6) is 11.5 Å². The summed E-state index contributed by atoms with van der Waals surface area (Å²) in [6.45, 7) is 13.2. The number of carbonyl (C=O) groups is 2. The Hall–Kier alpha value is -2.99. The standard InChI is InChI=1S/C28H31ClO6/c1-6-23(30)34-16(4)13-32-27-20-9-8-19(29)12-22(20)28(33-14-17(5)35-24(31)7-2)25-18-10-15(3)21(11-18)26(25)27/h6-9,12,15-18,21H,1-2,10-11,13-14H2,3-5H3. The molecule has 2 aromatic carbocycles. The molecule has 5 unspecified atom stereocenters. The van der Waals surface area contributed by atoms with E-state index < -0.39 is 24.1 Å².